The second kappa shape index (κ2) is 7.59. The second-order valence-corrected chi connectivity index (χ2v) is 5.56. The van der Waals surface area contributed by atoms with Crippen LogP contribution in [0.4, 0.5) is 11.6 Å². The van der Waals surface area contributed by atoms with Gasteiger partial charge in [-0.2, -0.15) is 0 Å². The Kier molecular flexibility index (Phi) is 5.79. The van der Waals surface area contributed by atoms with Crippen LogP contribution in [0.1, 0.15) is 45.0 Å². The molecule has 118 valence electrons. The van der Waals surface area contributed by atoms with Crippen molar-refractivity contribution >= 4 is 11.6 Å². The molecule has 2 heterocycles. The topological polar surface area (TPSA) is 50.3 Å². The molecular weight excluding hydrogens is 264 g/mol. The molecule has 1 aromatic heterocycles. The van der Waals surface area contributed by atoms with Crippen molar-refractivity contribution in [2.45, 2.75) is 53.1 Å². The first-order valence-corrected chi connectivity index (χ1v) is 8.17. The fourth-order valence-electron chi connectivity index (χ4n) is 2.59. The molecule has 1 atom stereocenters. The van der Waals surface area contributed by atoms with Gasteiger partial charge in [0, 0.05) is 31.6 Å². The van der Waals surface area contributed by atoms with Crippen molar-refractivity contribution in [1.29, 1.82) is 0 Å². The van der Waals surface area contributed by atoms with E-state index in [1.165, 1.54) is 0 Å². The number of aryl methyl sites for hydroxylation is 1. The van der Waals surface area contributed by atoms with Crippen molar-refractivity contribution in [2.75, 3.05) is 36.5 Å². The molecule has 5 nitrogen and oxygen atoms in total. The summed E-state index contributed by atoms with van der Waals surface area (Å²) in [6.07, 6.45) is 3.30. The van der Waals surface area contributed by atoms with E-state index in [0.29, 0.717) is 6.10 Å². The summed E-state index contributed by atoms with van der Waals surface area (Å²) < 4.78 is 5.77. The molecule has 2 rings (SSSR count). The summed E-state index contributed by atoms with van der Waals surface area (Å²) in [4.78, 5) is 11.8. The normalized spacial score (nSPS) is 18.9. The number of hydrogen-bond acceptors (Lipinski definition) is 5. The van der Waals surface area contributed by atoms with E-state index in [2.05, 4.69) is 42.9 Å². The largest absolute Gasteiger partial charge is 0.375 e. The number of nitrogens with zero attached hydrogens (tertiary/aromatic N) is 3. The average molecular weight is 292 g/mol. The van der Waals surface area contributed by atoms with Gasteiger partial charge in [0.2, 0.25) is 0 Å². The lowest BCUT2D eigenvalue weighted by Gasteiger charge is -2.34. The third-order valence-electron chi connectivity index (χ3n) is 3.92. The summed E-state index contributed by atoms with van der Waals surface area (Å²) in [5.41, 5.74) is 1.15. The molecule has 0 amide bonds. The molecular formula is C16H28N4O. The van der Waals surface area contributed by atoms with E-state index in [-0.39, 0.29) is 0 Å². The Morgan fingerprint density at radius 1 is 1.29 bits per heavy atom. The average Bonchev–Trinajstić information content (AvgIpc) is 2.54. The fourth-order valence-corrected chi connectivity index (χ4v) is 2.59. The predicted octanol–water partition coefficient (Wildman–Crippen LogP) is 2.78. The number of ether oxygens (including phenoxy) is 1. The van der Waals surface area contributed by atoms with E-state index in [9.17, 15) is 0 Å². The Hall–Kier alpha value is -1.36. The number of anilines is 2. The first-order valence-electron chi connectivity index (χ1n) is 8.17. The Bertz CT molecular complexity index is 464. The molecule has 1 unspecified atom stereocenters. The minimum atomic E-state index is 0.310. The summed E-state index contributed by atoms with van der Waals surface area (Å²) in [6, 6.07) is 0. The molecule has 0 bridgehead atoms. The molecule has 1 aliphatic heterocycles. The number of morpholine rings is 1. The number of nitrogens with one attached hydrogen (secondary N) is 1. The van der Waals surface area contributed by atoms with E-state index >= 15 is 0 Å². The van der Waals surface area contributed by atoms with E-state index in [1.807, 2.05) is 0 Å². The van der Waals surface area contributed by atoms with Gasteiger partial charge in [-0.3, -0.25) is 0 Å². The first kappa shape index (κ1) is 16.0. The highest BCUT2D eigenvalue weighted by molar-refractivity contribution is 5.59. The minimum Gasteiger partial charge on any atom is -0.375 e. The summed E-state index contributed by atoms with van der Waals surface area (Å²) in [7, 11) is 0. The van der Waals surface area contributed by atoms with Crippen molar-refractivity contribution in [3.05, 3.63) is 11.4 Å². The highest BCUT2D eigenvalue weighted by Gasteiger charge is 2.23. The summed E-state index contributed by atoms with van der Waals surface area (Å²) in [5, 5.41) is 3.43. The zero-order valence-electron chi connectivity index (χ0n) is 13.8. The zero-order valence-corrected chi connectivity index (χ0v) is 13.8. The molecule has 0 aliphatic carbocycles. The maximum absolute atomic E-state index is 5.77. The Balaban J connectivity index is 2.28. The van der Waals surface area contributed by atoms with Crippen LogP contribution in [0.3, 0.4) is 0 Å². The van der Waals surface area contributed by atoms with Crippen molar-refractivity contribution in [3.8, 4) is 0 Å². The summed E-state index contributed by atoms with van der Waals surface area (Å²) >= 11 is 0. The molecule has 1 fully saturated rings. The minimum absolute atomic E-state index is 0.310. The van der Waals surface area contributed by atoms with Crippen LogP contribution in [0.5, 0.6) is 0 Å². The SMILES string of the molecule is CCCNc1nc(CC)nc(N2CCOC(CC)C2)c1C. The van der Waals surface area contributed by atoms with Crippen LogP contribution >= 0.6 is 0 Å². The predicted molar refractivity (Wildman–Crippen MR) is 87.2 cm³/mol. The van der Waals surface area contributed by atoms with Gasteiger partial charge in [-0.25, -0.2) is 9.97 Å². The molecule has 1 N–H and O–H groups in total. The number of aromatic nitrogens is 2. The van der Waals surface area contributed by atoms with Crippen LogP contribution in [0.25, 0.3) is 0 Å². The highest BCUT2D eigenvalue weighted by atomic mass is 16.5. The lowest BCUT2D eigenvalue weighted by molar-refractivity contribution is 0.0381. The lowest BCUT2D eigenvalue weighted by atomic mass is 10.2. The lowest BCUT2D eigenvalue weighted by Crippen LogP contribution is -2.43. The van der Waals surface area contributed by atoms with Crippen LogP contribution in [0, 0.1) is 6.92 Å². The molecule has 0 spiro atoms. The molecule has 21 heavy (non-hydrogen) atoms. The quantitative estimate of drug-likeness (QED) is 0.873. The van der Waals surface area contributed by atoms with E-state index in [4.69, 9.17) is 9.72 Å². The standard InChI is InChI=1S/C16H28N4O/c1-5-8-17-15-12(4)16(19-14(7-3)18-15)20-9-10-21-13(6-2)11-20/h13H,5-11H2,1-4H3,(H,17,18,19). The molecule has 1 saturated heterocycles. The number of rotatable bonds is 6. The van der Waals surface area contributed by atoms with Gasteiger partial charge < -0.3 is 15.0 Å². The van der Waals surface area contributed by atoms with Gasteiger partial charge in [0.25, 0.3) is 0 Å². The number of hydrogen-bond donors (Lipinski definition) is 1. The van der Waals surface area contributed by atoms with E-state index in [0.717, 1.165) is 68.5 Å². The van der Waals surface area contributed by atoms with Crippen molar-refractivity contribution in [2.24, 2.45) is 0 Å². The van der Waals surface area contributed by atoms with E-state index < -0.39 is 0 Å². The Labute approximate surface area is 128 Å². The molecule has 0 radical (unpaired) electrons. The molecule has 5 heteroatoms. The molecule has 1 aromatic rings. The summed E-state index contributed by atoms with van der Waals surface area (Å²) in [5.74, 6) is 2.97. The molecule has 1 aliphatic rings. The molecule has 0 aromatic carbocycles. The zero-order chi connectivity index (χ0) is 15.2. The van der Waals surface area contributed by atoms with Gasteiger partial charge in [-0.15, -0.1) is 0 Å². The van der Waals surface area contributed by atoms with Crippen molar-refractivity contribution in [1.82, 2.24) is 9.97 Å². The third kappa shape index (κ3) is 3.84. The van der Waals surface area contributed by atoms with Gasteiger partial charge in [0.1, 0.15) is 17.5 Å². The van der Waals surface area contributed by atoms with E-state index in [1.54, 1.807) is 0 Å². The molecule has 0 saturated carbocycles. The van der Waals surface area contributed by atoms with Crippen LogP contribution in [-0.4, -0.2) is 42.3 Å². The van der Waals surface area contributed by atoms with Crippen LogP contribution in [0.2, 0.25) is 0 Å². The van der Waals surface area contributed by atoms with Crippen molar-refractivity contribution in [3.63, 3.8) is 0 Å². The van der Waals surface area contributed by atoms with Gasteiger partial charge in [-0.1, -0.05) is 20.8 Å². The maximum Gasteiger partial charge on any atom is 0.137 e. The smallest absolute Gasteiger partial charge is 0.137 e. The second-order valence-electron chi connectivity index (χ2n) is 5.56. The van der Waals surface area contributed by atoms with Crippen LogP contribution in [0.15, 0.2) is 0 Å². The van der Waals surface area contributed by atoms with Crippen LogP contribution in [-0.2, 0) is 11.2 Å². The first-order chi connectivity index (χ1) is 10.2. The maximum atomic E-state index is 5.77. The fraction of sp³-hybridized carbons (Fsp3) is 0.750. The Morgan fingerprint density at radius 2 is 2.10 bits per heavy atom. The van der Waals surface area contributed by atoms with Gasteiger partial charge in [0.15, 0.2) is 0 Å². The van der Waals surface area contributed by atoms with Gasteiger partial charge in [-0.05, 0) is 19.8 Å². The summed E-state index contributed by atoms with van der Waals surface area (Å²) in [6.45, 7) is 12.1. The monoisotopic (exact) mass is 292 g/mol. The van der Waals surface area contributed by atoms with Gasteiger partial charge in [0.05, 0.1) is 12.7 Å². The highest BCUT2D eigenvalue weighted by Crippen LogP contribution is 2.26. The van der Waals surface area contributed by atoms with Crippen molar-refractivity contribution < 1.29 is 4.74 Å². The van der Waals surface area contributed by atoms with Crippen LogP contribution < -0.4 is 10.2 Å². The third-order valence-corrected chi connectivity index (χ3v) is 3.92. The Morgan fingerprint density at radius 3 is 2.76 bits per heavy atom. The van der Waals surface area contributed by atoms with Gasteiger partial charge >= 0.3 is 0 Å².